The second-order valence-electron chi connectivity index (χ2n) is 5.40. The van der Waals surface area contributed by atoms with Crippen molar-refractivity contribution in [1.82, 2.24) is 0 Å². The molecule has 3 rings (SSSR count). The van der Waals surface area contributed by atoms with E-state index in [-0.39, 0.29) is 11.9 Å². The Labute approximate surface area is 139 Å². The number of amides is 3. The first-order chi connectivity index (χ1) is 11.6. The van der Waals surface area contributed by atoms with E-state index in [2.05, 4.69) is 16.0 Å². The van der Waals surface area contributed by atoms with Crippen LogP contribution in [0.15, 0.2) is 66.7 Å². The quantitative estimate of drug-likeness (QED) is 0.668. The molecule has 0 radical (unpaired) electrons. The topological polar surface area (TPSA) is 70.2 Å². The Morgan fingerprint density at radius 2 is 1.21 bits per heavy atom. The summed E-state index contributed by atoms with van der Waals surface area (Å²) in [6.07, 6.45) is 0. The normalized spacial score (nSPS) is 10.2. The van der Waals surface area contributed by atoms with Gasteiger partial charge < -0.3 is 16.0 Å². The average Bonchev–Trinajstić information content (AvgIpc) is 2.56. The number of carbonyl (C=O) groups is 2. The molecule has 3 N–H and O–H groups in total. The van der Waals surface area contributed by atoms with Crippen LogP contribution in [-0.2, 0) is 4.79 Å². The van der Waals surface area contributed by atoms with Crippen molar-refractivity contribution in [3.63, 3.8) is 0 Å². The highest BCUT2D eigenvalue weighted by Crippen LogP contribution is 2.19. The predicted molar refractivity (Wildman–Crippen MR) is 97.3 cm³/mol. The van der Waals surface area contributed by atoms with Gasteiger partial charge in [-0.15, -0.1) is 0 Å². The van der Waals surface area contributed by atoms with Gasteiger partial charge in [-0.25, -0.2) is 4.79 Å². The minimum Gasteiger partial charge on any atom is -0.326 e. The second-order valence-corrected chi connectivity index (χ2v) is 5.40. The number of carbonyl (C=O) groups excluding carboxylic acids is 2. The first-order valence-electron chi connectivity index (χ1n) is 7.54. The maximum Gasteiger partial charge on any atom is 0.323 e. The van der Waals surface area contributed by atoms with E-state index in [1.165, 1.54) is 6.92 Å². The van der Waals surface area contributed by atoms with Crippen LogP contribution in [0.1, 0.15) is 6.92 Å². The molecule has 0 fully saturated rings. The molecule has 24 heavy (non-hydrogen) atoms. The van der Waals surface area contributed by atoms with Crippen molar-refractivity contribution in [2.24, 2.45) is 0 Å². The maximum atomic E-state index is 12.1. The van der Waals surface area contributed by atoms with Crippen LogP contribution < -0.4 is 16.0 Å². The van der Waals surface area contributed by atoms with Crippen LogP contribution in [0.25, 0.3) is 10.8 Å². The number of fused-ring (bicyclic) bond motifs is 1. The van der Waals surface area contributed by atoms with E-state index in [1.54, 1.807) is 24.3 Å². The Hall–Kier alpha value is -3.34. The van der Waals surface area contributed by atoms with Crippen molar-refractivity contribution in [1.29, 1.82) is 0 Å². The molecule has 3 aromatic rings. The van der Waals surface area contributed by atoms with Crippen molar-refractivity contribution < 1.29 is 9.59 Å². The molecule has 120 valence electrons. The van der Waals surface area contributed by atoms with Crippen LogP contribution in [0.3, 0.4) is 0 Å². The van der Waals surface area contributed by atoms with E-state index < -0.39 is 0 Å². The van der Waals surface area contributed by atoms with Gasteiger partial charge in [-0.1, -0.05) is 30.3 Å². The van der Waals surface area contributed by atoms with Gasteiger partial charge in [0.1, 0.15) is 0 Å². The molecule has 0 aliphatic carbocycles. The van der Waals surface area contributed by atoms with Crippen LogP contribution in [0, 0.1) is 0 Å². The minimum atomic E-state index is -0.322. The first kappa shape index (κ1) is 15.6. The van der Waals surface area contributed by atoms with Gasteiger partial charge in [0.2, 0.25) is 5.91 Å². The Balaban J connectivity index is 1.64. The number of urea groups is 1. The van der Waals surface area contributed by atoms with Crippen molar-refractivity contribution >= 4 is 39.8 Å². The van der Waals surface area contributed by atoms with Crippen LogP contribution in [0.4, 0.5) is 21.9 Å². The van der Waals surface area contributed by atoms with Gasteiger partial charge in [0, 0.05) is 24.0 Å². The van der Waals surface area contributed by atoms with Gasteiger partial charge >= 0.3 is 6.03 Å². The molecule has 0 aliphatic rings. The van der Waals surface area contributed by atoms with Crippen LogP contribution in [0.2, 0.25) is 0 Å². The third-order valence-electron chi connectivity index (χ3n) is 3.47. The summed E-state index contributed by atoms with van der Waals surface area (Å²) in [7, 11) is 0. The number of anilines is 3. The van der Waals surface area contributed by atoms with Gasteiger partial charge in [0.15, 0.2) is 0 Å². The summed E-state index contributed by atoms with van der Waals surface area (Å²) in [5.41, 5.74) is 2.05. The molecule has 0 saturated heterocycles. The van der Waals surface area contributed by atoms with E-state index in [0.717, 1.165) is 16.5 Å². The summed E-state index contributed by atoms with van der Waals surface area (Å²) in [5.74, 6) is -0.134. The van der Waals surface area contributed by atoms with E-state index in [0.29, 0.717) is 11.4 Å². The van der Waals surface area contributed by atoms with Crippen molar-refractivity contribution in [3.8, 4) is 0 Å². The molecule has 0 saturated carbocycles. The second kappa shape index (κ2) is 6.83. The molecule has 0 unspecified atom stereocenters. The largest absolute Gasteiger partial charge is 0.326 e. The molecule has 3 aromatic carbocycles. The lowest BCUT2D eigenvalue weighted by atomic mass is 10.1. The van der Waals surface area contributed by atoms with E-state index in [4.69, 9.17) is 0 Å². The fourth-order valence-electron chi connectivity index (χ4n) is 2.40. The highest BCUT2D eigenvalue weighted by atomic mass is 16.2. The average molecular weight is 319 g/mol. The van der Waals surface area contributed by atoms with Crippen LogP contribution >= 0.6 is 0 Å². The number of hydrogen-bond donors (Lipinski definition) is 3. The molecule has 0 bridgehead atoms. The lowest BCUT2D eigenvalue weighted by Gasteiger charge is -2.09. The SMILES string of the molecule is CC(=O)Nc1ccc(NC(=O)Nc2ccc3ccccc3c2)cc1. The summed E-state index contributed by atoms with van der Waals surface area (Å²) >= 11 is 0. The zero-order chi connectivity index (χ0) is 16.9. The fourth-order valence-corrected chi connectivity index (χ4v) is 2.40. The predicted octanol–water partition coefficient (Wildman–Crippen LogP) is 4.44. The molecule has 0 heterocycles. The standard InChI is InChI=1S/C19H17N3O2/c1-13(23)20-16-8-10-17(11-9-16)21-19(24)22-18-7-6-14-4-2-3-5-15(14)12-18/h2-12H,1H3,(H,20,23)(H2,21,22,24). The van der Waals surface area contributed by atoms with Gasteiger partial charge in [-0.2, -0.15) is 0 Å². The van der Waals surface area contributed by atoms with Crippen molar-refractivity contribution in [2.75, 3.05) is 16.0 Å². The summed E-state index contributed by atoms with van der Waals surface area (Å²) in [5, 5.41) is 10.4. The molecule has 5 nitrogen and oxygen atoms in total. The molecular weight excluding hydrogens is 302 g/mol. The Kier molecular flexibility index (Phi) is 4.43. The van der Waals surface area contributed by atoms with E-state index >= 15 is 0 Å². The zero-order valence-corrected chi connectivity index (χ0v) is 13.2. The highest BCUT2D eigenvalue weighted by molar-refractivity contribution is 6.01. The molecule has 0 aromatic heterocycles. The fraction of sp³-hybridized carbons (Fsp3) is 0.0526. The minimum absolute atomic E-state index is 0.134. The third kappa shape index (κ3) is 3.89. The molecule has 5 heteroatoms. The number of benzene rings is 3. The van der Waals surface area contributed by atoms with Crippen molar-refractivity contribution in [2.45, 2.75) is 6.92 Å². The summed E-state index contributed by atoms with van der Waals surface area (Å²) in [4.78, 5) is 23.1. The van der Waals surface area contributed by atoms with Gasteiger partial charge in [0.05, 0.1) is 0 Å². The highest BCUT2D eigenvalue weighted by Gasteiger charge is 2.04. The van der Waals surface area contributed by atoms with E-state index in [9.17, 15) is 9.59 Å². The maximum absolute atomic E-state index is 12.1. The number of nitrogens with one attached hydrogen (secondary N) is 3. The third-order valence-corrected chi connectivity index (χ3v) is 3.47. The lowest BCUT2D eigenvalue weighted by molar-refractivity contribution is -0.114. The van der Waals surface area contributed by atoms with Crippen molar-refractivity contribution in [3.05, 3.63) is 66.7 Å². The van der Waals surface area contributed by atoms with Gasteiger partial charge in [-0.05, 0) is 47.2 Å². The Bertz CT molecular complexity index is 889. The molecular formula is C19H17N3O2. The Morgan fingerprint density at radius 3 is 1.88 bits per heavy atom. The zero-order valence-electron chi connectivity index (χ0n) is 13.2. The van der Waals surface area contributed by atoms with Gasteiger partial charge in [0.25, 0.3) is 0 Å². The Morgan fingerprint density at radius 1 is 0.667 bits per heavy atom. The lowest BCUT2D eigenvalue weighted by Crippen LogP contribution is -2.19. The molecule has 0 spiro atoms. The smallest absolute Gasteiger partial charge is 0.323 e. The number of rotatable bonds is 3. The summed E-state index contributed by atoms with van der Waals surface area (Å²) < 4.78 is 0. The molecule has 0 atom stereocenters. The molecule has 3 amide bonds. The number of hydrogen-bond acceptors (Lipinski definition) is 2. The van der Waals surface area contributed by atoms with E-state index in [1.807, 2.05) is 42.5 Å². The first-order valence-corrected chi connectivity index (χ1v) is 7.54. The van der Waals surface area contributed by atoms with Crippen LogP contribution in [-0.4, -0.2) is 11.9 Å². The molecule has 0 aliphatic heterocycles. The van der Waals surface area contributed by atoms with Gasteiger partial charge in [-0.3, -0.25) is 4.79 Å². The summed E-state index contributed by atoms with van der Waals surface area (Å²) in [6.45, 7) is 1.45. The summed E-state index contributed by atoms with van der Waals surface area (Å²) in [6, 6.07) is 20.3. The van der Waals surface area contributed by atoms with Crippen LogP contribution in [0.5, 0.6) is 0 Å². The monoisotopic (exact) mass is 319 g/mol.